The summed E-state index contributed by atoms with van der Waals surface area (Å²) in [5, 5.41) is 18.2. The number of hydrogen-bond donors (Lipinski definition) is 2. The van der Waals surface area contributed by atoms with Crippen molar-refractivity contribution in [2.45, 2.75) is 0 Å². The molecule has 1 aromatic heterocycles. The zero-order valence-corrected chi connectivity index (χ0v) is 8.58. The highest BCUT2D eigenvalue weighted by Crippen LogP contribution is 2.27. The lowest BCUT2D eigenvalue weighted by Crippen LogP contribution is -1.96. The van der Waals surface area contributed by atoms with Gasteiger partial charge in [-0.15, -0.1) is 0 Å². The summed E-state index contributed by atoms with van der Waals surface area (Å²) in [4.78, 5) is 21.1. The van der Waals surface area contributed by atoms with E-state index in [-0.39, 0.29) is 17.1 Å². The number of benzene rings is 1. The second-order valence-electron chi connectivity index (χ2n) is 3.36. The van der Waals surface area contributed by atoms with Crippen LogP contribution in [-0.4, -0.2) is 22.5 Å². The summed E-state index contributed by atoms with van der Waals surface area (Å²) in [5.41, 5.74) is 0.316. The first-order valence-electron chi connectivity index (χ1n) is 4.73. The first-order chi connectivity index (χ1) is 8.11. The molecule has 0 saturated heterocycles. The molecule has 0 unspecified atom stereocenters. The van der Waals surface area contributed by atoms with Gasteiger partial charge in [0.25, 0.3) is 0 Å². The summed E-state index contributed by atoms with van der Waals surface area (Å²) >= 11 is 0. The van der Waals surface area contributed by atoms with Gasteiger partial charge in [0.2, 0.25) is 0 Å². The third kappa shape index (κ3) is 2.03. The van der Waals surface area contributed by atoms with Crippen molar-refractivity contribution in [2.75, 3.05) is 0 Å². The molecule has 0 spiro atoms. The molecular formula is C12H8O5. The molecule has 17 heavy (non-hydrogen) atoms. The van der Waals surface area contributed by atoms with Crippen molar-refractivity contribution in [3.8, 4) is 17.1 Å². The molecule has 0 saturated carbocycles. The molecule has 1 heterocycles. The summed E-state index contributed by atoms with van der Waals surface area (Å²) in [7, 11) is 0. The number of furan rings is 1. The molecule has 5 nitrogen and oxygen atoms in total. The summed E-state index contributed by atoms with van der Waals surface area (Å²) < 4.78 is 5.15. The number of carboxylic acid groups (broad SMARTS) is 1. The number of rotatable bonds is 3. The van der Waals surface area contributed by atoms with E-state index >= 15 is 0 Å². The molecule has 2 aromatic rings. The van der Waals surface area contributed by atoms with Crippen LogP contribution in [0.2, 0.25) is 0 Å². The van der Waals surface area contributed by atoms with Crippen molar-refractivity contribution in [3.05, 3.63) is 41.7 Å². The third-order valence-electron chi connectivity index (χ3n) is 2.26. The van der Waals surface area contributed by atoms with Gasteiger partial charge in [0.1, 0.15) is 17.1 Å². The fraction of sp³-hybridized carbons (Fsp3) is 0. The Kier molecular flexibility index (Phi) is 2.66. The van der Waals surface area contributed by atoms with Gasteiger partial charge in [0.15, 0.2) is 12.0 Å². The Bertz CT molecular complexity index is 582. The maximum Gasteiger partial charge on any atom is 0.339 e. The summed E-state index contributed by atoms with van der Waals surface area (Å²) in [6, 6.07) is 7.10. The zero-order chi connectivity index (χ0) is 12.4. The quantitative estimate of drug-likeness (QED) is 0.791. The number of phenols is 1. The standard InChI is InChI=1S/C12H8O5/c13-6-8-2-4-11(17-8)7-1-3-9(12(15)16)10(14)5-7/h1-6,14H,(H,15,16). The highest BCUT2D eigenvalue weighted by Gasteiger charge is 2.12. The topological polar surface area (TPSA) is 87.7 Å². The average Bonchev–Trinajstić information content (AvgIpc) is 2.76. The van der Waals surface area contributed by atoms with Gasteiger partial charge in [0.05, 0.1) is 0 Å². The van der Waals surface area contributed by atoms with E-state index in [9.17, 15) is 14.7 Å². The number of carboxylic acids is 1. The van der Waals surface area contributed by atoms with E-state index in [1.807, 2.05) is 0 Å². The van der Waals surface area contributed by atoms with E-state index in [2.05, 4.69) is 0 Å². The van der Waals surface area contributed by atoms with Crippen LogP contribution in [0.3, 0.4) is 0 Å². The lowest BCUT2D eigenvalue weighted by atomic mass is 10.1. The van der Waals surface area contributed by atoms with E-state index in [0.29, 0.717) is 17.6 Å². The fourth-order valence-corrected chi connectivity index (χ4v) is 1.44. The van der Waals surface area contributed by atoms with Gasteiger partial charge in [-0.05, 0) is 24.3 Å². The van der Waals surface area contributed by atoms with Gasteiger partial charge in [-0.2, -0.15) is 0 Å². The first kappa shape index (κ1) is 10.9. The summed E-state index contributed by atoms with van der Waals surface area (Å²) in [6.45, 7) is 0. The molecule has 0 fully saturated rings. The number of aldehydes is 1. The smallest absolute Gasteiger partial charge is 0.339 e. The Labute approximate surface area is 95.9 Å². The van der Waals surface area contributed by atoms with Gasteiger partial charge in [-0.1, -0.05) is 6.07 Å². The predicted molar refractivity (Wildman–Crippen MR) is 58.2 cm³/mol. The molecule has 0 bridgehead atoms. The van der Waals surface area contributed by atoms with Crippen molar-refractivity contribution >= 4 is 12.3 Å². The molecule has 0 amide bonds. The van der Waals surface area contributed by atoms with Crippen LogP contribution in [0.15, 0.2) is 34.7 Å². The minimum absolute atomic E-state index is 0.168. The summed E-state index contributed by atoms with van der Waals surface area (Å²) in [5.74, 6) is -0.998. The SMILES string of the molecule is O=Cc1ccc(-c2ccc(C(=O)O)c(O)c2)o1. The van der Waals surface area contributed by atoms with Crippen LogP contribution in [-0.2, 0) is 0 Å². The molecule has 0 aliphatic carbocycles. The van der Waals surface area contributed by atoms with E-state index in [1.165, 1.54) is 24.3 Å². The van der Waals surface area contributed by atoms with Crippen LogP contribution in [0.5, 0.6) is 5.75 Å². The van der Waals surface area contributed by atoms with E-state index in [4.69, 9.17) is 9.52 Å². The lowest BCUT2D eigenvalue weighted by Gasteiger charge is -2.01. The Morgan fingerprint density at radius 1 is 1.24 bits per heavy atom. The molecule has 0 aliphatic rings. The monoisotopic (exact) mass is 232 g/mol. The summed E-state index contributed by atoms with van der Waals surface area (Å²) in [6.07, 6.45) is 0.564. The van der Waals surface area contributed by atoms with E-state index < -0.39 is 5.97 Å². The molecule has 1 aromatic carbocycles. The molecule has 0 atom stereocenters. The zero-order valence-electron chi connectivity index (χ0n) is 8.58. The van der Waals surface area contributed by atoms with Gasteiger partial charge < -0.3 is 14.6 Å². The molecule has 0 radical (unpaired) electrons. The Balaban J connectivity index is 2.43. The number of aromatic hydroxyl groups is 1. The Hall–Kier alpha value is -2.56. The predicted octanol–water partition coefficient (Wildman–Crippen LogP) is 2.16. The van der Waals surface area contributed by atoms with Crippen LogP contribution in [0.25, 0.3) is 11.3 Å². The van der Waals surface area contributed by atoms with Crippen LogP contribution >= 0.6 is 0 Å². The minimum atomic E-state index is -1.21. The van der Waals surface area contributed by atoms with Crippen LogP contribution < -0.4 is 0 Å². The second-order valence-corrected chi connectivity index (χ2v) is 3.36. The van der Waals surface area contributed by atoms with Gasteiger partial charge in [0, 0.05) is 5.56 Å². The van der Waals surface area contributed by atoms with Crippen molar-refractivity contribution in [2.24, 2.45) is 0 Å². The van der Waals surface area contributed by atoms with Crippen molar-refractivity contribution in [1.82, 2.24) is 0 Å². The molecule has 2 rings (SSSR count). The molecule has 5 heteroatoms. The molecule has 0 aliphatic heterocycles. The van der Waals surface area contributed by atoms with Crippen LogP contribution in [0.1, 0.15) is 20.9 Å². The number of carbonyl (C=O) groups excluding carboxylic acids is 1. The number of aromatic carboxylic acids is 1. The fourth-order valence-electron chi connectivity index (χ4n) is 1.44. The normalized spacial score (nSPS) is 10.1. The highest BCUT2D eigenvalue weighted by molar-refractivity contribution is 5.91. The molecule has 2 N–H and O–H groups in total. The average molecular weight is 232 g/mol. The van der Waals surface area contributed by atoms with Crippen LogP contribution in [0.4, 0.5) is 0 Å². The third-order valence-corrected chi connectivity index (χ3v) is 2.26. The lowest BCUT2D eigenvalue weighted by molar-refractivity contribution is 0.0693. The van der Waals surface area contributed by atoms with Gasteiger partial charge >= 0.3 is 5.97 Å². The van der Waals surface area contributed by atoms with Crippen molar-refractivity contribution in [3.63, 3.8) is 0 Å². The highest BCUT2D eigenvalue weighted by atomic mass is 16.4. The maximum absolute atomic E-state index is 10.7. The minimum Gasteiger partial charge on any atom is -0.507 e. The molecule has 86 valence electrons. The number of carbonyl (C=O) groups is 2. The van der Waals surface area contributed by atoms with Gasteiger partial charge in [-0.25, -0.2) is 4.79 Å². The largest absolute Gasteiger partial charge is 0.507 e. The number of hydrogen-bond acceptors (Lipinski definition) is 4. The van der Waals surface area contributed by atoms with E-state index in [0.717, 1.165) is 0 Å². The Morgan fingerprint density at radius 3 is 2.53 bits per heavy atom. The first-order valence-corrected chi connectivity index (χ1v) is 4.73. The van der Waals surface area contributed by atoms with Crippen LogP contribution in [0, 0.1) is 0 Å². The maximum atomic E-state index is 10.7. The van der Waals surface area contributed by atoms with E-state index in [1.54, 1.807) is 6.07 Å². The van der Waals surface area contributed by atoms with Crippen molar-refractivity contribution < 1.29 is 24.2 Å². The van der Waals surface area contributed by atoms with Gasteiger partial charge in [-0.3, -0.25) is 4.79 Å². The molecular weight excluding hydrogens is 224 g/mol. The second kappa shape index (κ2) is 4.13. The Morgan fingerprint density at radius 2 is 2.00 bits per heavy atom. The van der Waals surface area contributed by atoms with Crippen molar-refractivity contribution in [1.29, 1.82) is 0 Å².